The number of hydroxylamine groups is 2. The van der Waals surface area contributed by atoms with Crippen molar-refractivity contribution in [2.75, 3.05) is 6.61 Å². The van der Waals surface area contributed by atoms with Crippen LogP contribution in [0.2, 0.25) is 0 Å². The standard InChI is InChI=1S/C11H10F3NO3/c12-11(13,14)8-3-1-2-7(6-8)9-4-5-18-15(17)10(9)16/h1-3,6,9,17H,4-5H2. The Balaban J connectivity index is 2.31. The molecular formula is C11H10F3NO3. The molecule has 0 radical (unpaired) electrons. The van der Waals surface area contributed by atoms with Gasteiger partial charge in [-0.2, -0.15) is 13.2 Å². The van der Waals surface area contributed by atoms with Crippen molar-refractivity contribution in [1.29, 1.82) is 0 Å². The number of carbonyl (C=O) groups is 1. The first-order valence-corrected chi connectivity index (χ1v) is 5.22. The van der Waals surface area contributed by atoms with E-state index < -0.39 is 23.6 Å². The molecule has 1 saturated heterocycles. The predicted molar refractivity (Wildman–Crippen MR) is 53.4 cm³/mol. The van der Waals surface area contributed by atoms with Gasteiger partial charge in [-0.15, -0.1) is 0 Å². The van der Waals surface area contributed by atoms with Crippen LogP contribution < -0.4 is 0 Å². The number of amides is 1. The topological polar surface area (TPSA) is 49.8 Å². The summed E-state index contributed by atoms with van der Waals surface area (Å²) in [6.07, 6.45) is -4.22. The second kappa shape index (κ2) is 4.58. The Kier molecular flexibility index (Phi) is 3.27. The second-order valence-corrected chi connectivity index (χ2v) is 3.91. The maximum atomic E-state index is 12.5. The fourth-order valence-corrected chi connectivity index (χ4v) is 1.82. The lowest BCUT2D eigenvalue weighted by Gasteiger charge is -2.26. The molecule has 18 heavy (non-hydrogen) atoms. The van der Waals surface area contributed by atoms with Crippen molar-refractivity contribution in [3.05, 3.63) is 35.4 Å². The largest absolute Gasteiger partial charge is 0.416 e. The smallest absolute Gasteiger partial charge is 0.269 e. The lowest BCUT2D eigenvalue weighted by atomic mass is 9.93. The Bertz CT molecular complexity index is 461. The van der Waals surface area contributed by atoms with Crippen molar-refractivity contribution in [3.8, 4) is 0 Å². The van der Waals surface area contributed by atoms with Gasteiger partial charge in [-0.05, 0) is 18.1 Å². The second-order valence-electron chi connectivity index (χ2n) is 3.91. The van der Waals surface area contributed by atoms with E-state index in [1.807, 2.05) is 0 Å². The molecule has 1 amide bonds. The van der Waals surface area contributed by atoms with Crippen molar-refractivity contribution >= 4 is 5.91 Å². The summed E-state index contributed by atoms with van der Waals surface area (Å²) in [7, 11) is 0. The third kappa shape index (κ3) is 2.46. The SMILES string of the molecule is O=C1C(c2cccc(C(F)(F)F)c2)CCON1O. The Morgan fingerprint density at radius 3 is 2.78 bits per heavy atom. The van der Waals surface area contributed by atoms with E-state index >= 15 is 0 Å². The summed E-state index contributed by atoms with van der Waals surface area (Å²) in [4.78, 5) is 16.1. The van der Waals surface area contributed by atoms with Crippen molar-refractivity contribution in [3.63, 3.8) is 0 Å². The molecule has 1 heterocycles. The fraction of sp³-hybridized carbons (Fsp3) is 0.364. The Morgan fingerprint density at radius 1 is 1.39 bits per heavy atom. The van der Waals surface area contributed by atoms with Gasteiger partial charge < -0.3 is 0 Å². The maximum Gasteiger partial charge on any atom is 0.416 e. The highest BCUT2D eigenvalue weighted by Crippen LogP contribution is 2.33. The Labute approximate surface area is 100 Å². The highest BCUT2D eigenvalue weighted by Gasteiger charge is 2.34. The minimum Gasteiger partial charge on any atom is -0.269 e. The molecule has 1 fully saturated rings. The molecule has 0 spiro atoms. The summed E-state index contributed by atoms with van der Waals surface area (Å²) in [6, 6.07) is 4.52. The number of nitrogens with zero attached hydrogens (tertiary/aromatic N) is 1. The van der Waals surface area contributed by atoms with Crippen LogP contribution in [0.15, 0.2) is 24.3 Å². The number of hydrogen-bond donors (Lipinski definition) is 1. The van der Waals surface area contributed by atoms with E-state index in [1.54, 1.807) is 0 Å². The fourth-order valence-electron chi connectivity index (χ4n) is 1.82. The monoisotopic (exact) mass is 261 g/mol. The van der Waals surface area contributed by atoms with Crippen molar-refractivity contribution in [2.45, 2.75) is 18.5 Å². The lowest BCUT2D eigenvalue weighted by molar-refractivity contribution is -0.326. The van der Waals surface area contributed by atoms with E-state index in [0.717, 1.165) is 12.1 Å². The highest BCUT2D eigenvalue weighted by molar-refractivity contribution is 5.82. The van der Waals surface area contributed by atoms with Crippen LogP contribution in [0.4, 0.5) is 13.2 Å². The normalized spacial score (nSPS) is 21.2. The average Bonchev–Trinajstić information content (AvgIpc) is 2.32. The van der Waals surface area contributed by atoms with Gasteiger partial charge in [-0.3, -0.25) is 10.0 Å². The van der Waals surface area contributed by atoms with Crippen molar-refractivity contribution in [2.24, 2.45) is 0 Å². The molecule has 98 valence electrons. The lowest BCUT2D eigenvalue weighted by Crippen LogP contribution is -2.38. The van der Waals surface area contributed by atoms with Gasteiger partial charge in [-0.25, -0.2) is 4.84 Å². The van der Waals surface area contributed by atoms with Crippen LogP contribution in [-0.2, 0) is 15.8 Å². The molecule has 0 bridgehead atoms. The van der Waals surface area contributed by atoms with Gasteiger partial charge in [-0.1, -0.05) is 23.4 Å². The van der Waals surface area contributed by atoms with Crippen LogP contribution >= 0.6 is 0 Å². The van der Waals surface area contributed by atoms with E-state index in [0.29, 0.717) is 0 Å². The van der Waals surface area contributed by atoms with E-state index in [1.165, 1.54) is 12.1 Å². The zero-order valence-corrected chi connectivity index (χ0v) is 9.15. The van der Waals surface area contributed by atoms with Crippen molar-refractivity contribution in [1.82, 2.24) is 5.23 Å². The van der Waals surface area contributed by atoms with E-state index in [2.05, 4.69) is 4.84 Å². The number of halogens is 3. The summed E-state index contributed by atoms with van der Waals surface area (Å²) in [5.74, 6) is -1.58. The van der Waals surface area contributed by atoms with Gasteiger partial charge in [0.1, 0.15) is 0 Å². The third-order valence-electron chi connectivity index (χ3n) is 2.72. The van der Waals surface area contributed by atoms with Crippen LogP contribution in [0.1, 0.15) is 23.5 Å². The quantitative estimate of drug-likeness (QED) is 0.789. The number of benzene rings is 1. The highest BCUT2D eigenvalue weighted by atomic mass is 19.4. The van der Waals surface area contributed by atoms with E-state index in [4.69, 9.17) is 5.21 Å². The van der Waals surface area contributed by atoms with E-state index in [9.17, 15) is 18.0 Å². The Hall–Kier alpha value is -1.60. The maximum absolute atomic E-state index is 12.5. The summed E-state index contributed by atoms with van der Waals surface area (Å²) in [6.45, 7) is 0.0726. The first-order valence-electron chi connectivity index (χ1n) is 5.22. The van der Waals surface area contributed by atoms with Gasteiger partial charge in [0.15, 0.2) is 0 Å². The number of rotatable bonds is 1. The van der Waals surface area contributed by atoms with Crippen LogP contribution in [0, 0.1) is 0 Å². The van der Waals surface area contributed by atoms with Crippen LogP contribution in [0.25, 0.3) is 0 Å². The molecule has 0 saturated carbocycles. The molecule has 0 aliphatic carbocycles. The third-order valence-corrected chi connectivity index (χ3v) is 2.72. The van der Waals surface area contributed by atoms with Gasteiger partial charge >= 0.3 is 6.18 Å². The summed E-state index contributed by atoms with van der Waals surface area (Å²) in [5, 5.41) is 9.16. The molecule has 1 N–H and O–H groups in total. The molecular weight excluding hydrogens is 251 g/mol. The molecule has 7 heteroatoms. The molecule has 1 aliphatic rings. The summed E-state index contributed by atoms with van der Waals surface area (Å²) in [5.41, 5.74) is -0.596. The van der Waals surface area contributed by atoms with Crippen LogP contribution in [-0.4, -0.2) is 22.9 Å². The number of alkyl halides is 3. The van der Waals surface area contributed by atoms with Gasteiger partial charge in [0.05, 0.1) is 18.1 Å². The number of hydrogen-bond acceptors (Lipinski definition) is 3. The minimum absolute atomic E-state index is 0.0726. The number of carbonyl (C=O) groups excluding carboxylic acids is 1. The molecule has 1 aromatic carbocycles. The Morgan fingerprint density at radius 2 is 2.11 bits per heavy atom. The van der Waals surface area contributed by atoms with Crippen molar-refractivity contribution < 1.29 is 28.0 Å². The molecule has 4 nitrogen and oxygen atoms in total. The van der Waals surface area contributed by atoms with Gasteiger partial charge in [0, 0.05) is 0 Å². The van der Waals surface area contributed by atoms with Gasteiger partial charge in [0.2, 0.25) is 0 Å². The molecule has 1 aliphatic heterocycles. The molecule has 0 aromatic heterocycles. The first-order chi connectivity index (χ1) is 8.39. The summed E-state index contributed by atoms with van der Waals surface area (Å²) < 4.78 is 37.6. The molecule has 1 unspecified atom stereocenters. The first kappa shape index (κ1) is 12.8. The summed E-state index contributed by atoms with van der Waals surface area (Å²) >= 11 is 0. The zero-order valence-electron chi connectivity index (χ0n) is 9.15. The molecule has 2 rings (SSSR count). The zero-order chi connectivity index (χ0) is 13.3. The minimum atomic E-state index is -4.46. The molecule has 1 atom stereocenters. The predicted octanol–water partition coefficient (Wildman–Crippen LogP) is 2.34. The van der Waals surface area contributed by atoms with E-state index in [-0.39, 0.29) is 23.8 Å². The average molecular weight is 261 g/mol. The molecule has 1 aromatic rings. The van der Waals surface area contributed by atoms with Gasteiger partial charge in [0.25, 0.3) is 5.91 Å². The van der Waals surface area contributed by atoms with Crippen LogP contribution in [0.5, 0.6) is 0 Å². The van der Waals surface area contributed by atoms with Crippen LogP contribution in [0.3, 0.4) is 0 Å².